The zero-order valence-electron chi connectivity index (χ0n) is 9.48. The number of alkyl halides is 3. The van der Waals surface area contributed by atoms with Gasteiger partial charge in [0.2, 0.25) is 0 Å². The highest BCUT2D eigenvalue weighted by Crippen LogP contribution is 2.18. The van der Waals surface area contributed by atoms with Crippen LogP contribution >= 0.6 is 0 Å². The Labute approximate surface area is 92.0 Å². The summed E-state index contributed by atoms with van der Waals surface area (Å²) in [5.41, 5.74) is -0.593. The largest absolute Gasteiger partial charge is 0.456 e. The van der Waals surface area contributed by atoms with Gasteiger partial charge in [-0.25, -0.2) is 0 Å². The van der Waals surface area contributed by atoms with Crippen LogP contribution in [0.4, 0.5) is 13.2 Å². The third-order valence-electron chi connectivity index (χ3n) is 1.79. The molecule has 0 bridgehead atoms. The van der Waals surface area contributed by atoms with Gasteiger partial charge in [0.25, 0.3) is 0 Å². The van der Waals surface area contributed by atoms with E-state index in [1.807, 2.05) is 0 Å². The molecular formula is C10H15F3O3. The van der Waals surface area contributed by atoms with Crippen molar-refractivity contribution in [1.82, 2.24) is 0 Å². The summed E-state index contributed by atoms with van der Waals surface area (Å²) in [5.74, 6) is -1.19. The molecule has 0 amide bonds. The van der Waals surface area contributed by atoms with Gasteiger partial charge in [0.15, 0.2) is 6.61 Å². The second-order valence-corrected chi connectivity index (χ2v) is 4.45. The van der Waals surface area contributed by atoms with Crippen LogP contribution in [0.2, 0.25) is 0 Å². The third kappa shape index (κ3) is 7.25. The lowest BCUT2D eigenvalue weighted by Crippen LogP contribution is -2.23. The highest BCUT2D eigenvalue weighted by molar-refractivity contribution is 5.86. The number of hydrogen-bond acceptors (Lipinski definition) is 3. The van der Waals surface area contributed by atoms with E-state index in [1.54, 1.807) is 20.8 Å². The van der Waals surface area contributed by atoms with Crippen molar-refractivity contribution < 1.29 is 27.5 Å². The monoisotopic (exact) mass is 240 g/mol. The molecule has 0 unspecified atom stereocenters. The molecule has 0 aromatic rings. The Kier molecular flexibility index (Phi) is 4.96. The summed E-state index contributed by atoms with van der Waals surface area (Å²) in [5, 5.41) is 0. The van der Waals surface area contributed by atoms with Gasteiger partial charge in [0.05, 0.1) is 6.42 Å². The molecule has 0 aliphatic heterocycles. The Bertz CT molecular complexity index is 263. The Morgan fingerprint density at radius 3 is 1.94 bits per heavy atom. The Balaban J connectivity index is 3.88. The number of Topliss-reactive ketones (excluding diaryl/α,β-unsaturated/α-hetero) is 1. The van der Waals surface area contributed by atoms with Crippen LogP contribution < -0.4 is 0 Å². The highest BCUT2D eigenvalue weighted by Gasteiger charge is 2.30. The van der Waals surface area contributed by atoms with Crippen molar-refractivity contribution in [3.05, 3.63) is 0 Å². The second kappa shape index (κ2) is 5.32. The van der Waals surface area contributed by atoms with Gasteiger partial charge in [-0.1, -0.05) is 20.8 Å². The van der Waals surface area contributed by atoms with Gasteiger partial charge < -0.3 is 4.74 Å². The number of halogens is 3. The Morgan fingerprint density at radius 2 is 1.56 bits per heavy atom. The fourth-order valence-electron chi connectivity index (χ4n) is 0.825. The number of carbonyl (C=O) groups is 2. The zero-order valence-corrected chi connectivity index (χ0v) is 9.48. The van der Waals surface area contributed by atoms with Crippen LogP contribution in [-0.2, 0) is 14.3 Å². The predicted molar refractivity (Wildman–Crippen MR) is 50.7 cm³/mol. The highest BCUT2D eigenvalue weighted by atomic mass is 19.4. The molecule has 3 nitrogen and oxygen atoms in total. The molecule has 0 aliphatic carbocycles. The number of rotatable bonds is 4. The number of ketones is 1. The number of hydrogen-bond donors (Lipinski definition) is 0. The average Bonchev–Trinajstić information content (AvgIpc) is 2.08. The lowest BCUT2D eigenvalue weighted by atomic mass is 9.88. The molecule has 0 spiro atoms. The van der Waals surface area contributed by atoms with Crippen LogP contribution in [0.5, 0.6) is 0 Å². The van der Waals surface area contributed by atoms with Crippen LogP contribution in [-0.4, -0.2) is 24.5 Å². The molecule has 0 atom stereocenters. The van der Waals surface area contributed by atoms with Crippen molar-refractivity contribution in [2.75, 3.05) is 6.61 Å². The lowest BCUT2D eigenvalue weighted by molar-refractivity contribution is -0.186. The van der Waals surface area contributed by atoms with Crippen molar-refractivity contribution in [2.45, 2.75) is 39.8 Å². The van der Waals surface area contributed by atoms with E-state index in [4.69, 9.17) is 0 Å². The first-order chi connectivity index (χ1) is 7.02. The van der Waals surface area contributed by atoms with Crippen molar-refractivity contribution in [3.8, 4) is 0 Å². The van der Waals surface area contributed by atoms with Gasteiger partial charge in [-0.05, 0) is 0 Å². The van der Waals surface area contributed by atoms with Crippen LogP contribution in [0.15, 0.2) is 0 Å². The Morgan fingerprint density at radius 1 is 1.06 bits per heavy atom. The normalized spacial score (nSPS) is 12.4. The summed E-state index contributed by atoms with van der Waals surface area (Å²) >= 11 is 0. The predicted octanol–water partition coefficient (Wildman–Crippen LogP) is 2.49. The molecule has 6 heteroatoms. The topological polar surface area (TPSA) is 43.4 Å². The van der Waals surface area contributed by atoms with Crippen molar-refractivity contribution in [3.63, 3.8) is 0 Å². The molecule has 0 heterocycles. The lowest BCUT2D eigenvalue weighted by Gasteiger charge is -2.16. The molecule has 0 aliphatic rings. The summed E-state index contributed by atoms with van der Waals surface area (Å²) in [6, 6.07) is 0. The average molecular weight is 240 g/mol. The molecule has 0 rings (SSSR count). The number of carbonyl (C=O) groups excluding carboxylic acids is 2. The Hall–Kier alpha value is -1.07. The van der Waals surface area contributed by atoms with Crippen LogP contribution in [0.3, 0.4) is 0 Å². The minimum Gasteiger partial charge on any atom is -0.456 e. The van der Waals surface area contributed by atoms with E-state index in [0.29, 0.717) is 0 Å². The molecule has 0 N–H and O–H groups in total. The van der Waals surface area contributed by atoms with Gasteiger partial charge in [0, 0.05) is 11.8 Å². The van der Waals surface area contributed by atoms with Gasteiger partial charge in [0.1, 0.15) is 5.78 Å². The molecule has 94 valence electrons. The molecule has 0 aromatic heterocycles. The molecule has 0 saturated heterocycles. The molecule has 0 radical (unpaired) electrons. The van der Waals surface area contributed by atoms with Gasteiger partial charge in [-0.3, -0.25) is 9.59 Å². The fourth-order valence-corrected chi connectivity index (χ4v) is 0.825. The number of ether oxygens (including phenoxy) is 1. The SMILES string of the molecule is CC(C)(C)C(=O)CCC(=O)OCC(F)(F)F. The van der Waals surface area contributed by atoms with E-state index < -0.39 is 24.2 Å². The minimum atomic E-state index is -4.52. The maximum Gasteiger partial charge on any atom is 0.422 e. The summed E-state index contributed by atoms with van der Waals surface area (Å²) in [4.78, 5) is 22.2. The van der Waals surface area contributed by atoms with E-state index in [0.717, 1.165) is 0 Å². The maximum absolute atomic E-state index is 11.7. The minimum absolute atomic E-state index is 0.0970. The van der Waals surface area contributed by atoms with E-state index in [2.05, 4.69) is 4.74 Å². The van der Waals surface area contributed by atoms with Crippen LogP contribution in [0.1, 0.15) is 33.6 Å². The molecule has 0 aromatic carbocycles. The second-order valence-electron chi connectivity index (χ2n) is 4.45. The van der Waals surface area contributed by atoms with E-state index >= 15 is 0 Å². The van der Waals surface area contributed by atoms with Crippen molar-refractivity contribution >= 4 is 11.8 Å². The smallest absolute Gasteiger partial charge is 0.422 e. The van der Waals surface area contributed by atoms with E-state index in [9.17, 15) is 22.8 Å². The first kappa shape index (κ1) is 14.9. The quantitative estimate of drug-likeness (QED) is 0.709. The zero-order chi connectivity index (χ0) is 13.0. The fraction of sp³-hybridized carbons (Fsp3) is 0.800. The molecule has 0 saturated carbocycles. The summed E-state index contributed by atoms with van der Waals surface area (Å²) in [6.45, 7) is 3.43. The standard InChI is InChI=1S/C10H15F3O3/c1-9(2,3)7(14)4-5-8(15)16-6-10(11,12)13/h4-6H2,1-3H3. The maximum atomic E-state index is 11.7. The van der Waals surface area contributed by atoms with Crippen molar-refractivity contribution in [1.29, 1.82) is 0 Å². The van der Waals surface area contributed by atoms with E-state index in [1.165, 1.54) is 0 Å². The first-order valence-electron chi connectivity index (χ1n) is 4.78. The van der Waals surface area contributed by atoms with Gasteiger partial charge in [-0.2, -0.15) is 13.2 Å². The molecule has 16 heavy (non-hydrogen) atoms. The van der Waals surface area contributed by atoms with Gasteiger partial charge >= 0.3 is 12.1 Å². The molecular weight excluding hydrogens is 225 g/mol. The third-order valence-corrected chi connectivity index (χ3v) is 1.79. The number of esters is 1. The van der Waals surface area contributed by atoms with Crippen molar-refractivity contribution in [2.24, 2.45) is 5.41 Å². The van der Waals surface area contributed by atoms with Crippen LogP contribution in [0, 0.1) is 5.41 Å². The van der Waals surface area contributed by atoms with Crippen LogP contribution in [0.25, 0.3) is 0 Å². The van der Waals surface area contributed by atoms with Gasteiger partial charge in [-0.15, -0.1) is 0 Å². The molecule has 0 fully saturated rings. The van der Waals surface area contributed by atoms with E-state index in [-0.39, 0.29) is 18.6 Å². The summed E-state index contributed by atoms with van der Waals surface area (Å²) in [6.07, 6.45) is -4.93. The first-order valence-corrected chi connectivity index (χ1v) is 4.78. The summed E-state index contributed by atoms with van der Waals surface area (Å²) < 4.78 is 38.9. The summed E-state index contributed by atoms with van der Waals surface area (Å²) in [7, 11) is 0.